The van der Waals surface area contributed by atoms with Crippen LogP contribution < -0.4 is 10.6 Å². The van der Waals surface area contributed by atoms with Crippen molar-refractivity contribution < 1.29 is 14.3 Å². The number of nitrogens with zero attached hydrogens (tertiary/aromatic N) is 1. The summed E-state index contributed by atoms with van der Waals surface area (Å²) in [5.41, 5.74) is -0.424. The minimum atomic E-state index is -0.424. The van der Waals surface area contributed by atoms with Gasteiger partial charge in [0.15, 0.2) is 0 Å². The van der Waals surface area contributed by atoms with Crippen LogP contribution in [0.1, 0.15) is 33.6 Å². The molecule has 0 radical (unpaired) electrons. The van der Waals surface area contributed by atoms with E-state index >= 15 is 0 Å². The Morgan fingerprint density at radius 2 is 1.95 bits per heavy atom. The molecule has 2 heterocycles. The SMILES string of the molecule is CC(C)(C)OC(=O)N1CCC(OCCNC2CNC2)CC1. The van der Waals surface area contributed by atoms with E-state index in [1.54, 1.807) is 4.90 Å². The Hall–Kier alpha value is -0.850. The van der Waals surface area contributed by atoms with Crippen LogP contribution >= 0.6 is 0 Å². The minimum absolute atomic E-state index is 0.208. The number of carbonyl (C=O) groups is 1. The van der Waals surface area contributed by atoms with Crippen molar-refractivity contribution in [1.29, 1.82) is 0 Å². The fourth-order valence-corrected chi connectivity index (χ4v) is 2.45. The fraction of sp³-hybridized carbons (Fsp3) is 0.933. The standard InChI is InChI=1S/C15H29N3O3/c1-15(2,3)21-14(19)18-7-4-13(5-8-18)20-9-6-17-12-10-16-11-12/h12-13,16-17H,4-11H2,1-3H3. The Labute approximate surface area is 127 Å². The first kappa shape index (κ1) is 16.5. The molecule has 21 heavy (non-hydrogen) atoms. The van der Waals surface area contributed by atoms with Gasteiger partial charge in [-0.25, -0.2) is 4.79 Å². The monoisotopic (exact) mass is 299 g/mol. The first-order valence-electron chi connectivity index (χ1n) is 7.98. The van der Waals surface area contributed by atoms with E-state index in [0.29, 0.717) is 6.04 Å². The molecule has 0 bridgehead atoms. The molecule has 0 aromatic rings. The van der Waals surface area contributed by atoms with E-state index in [1.165, 1.54) is 0 Å². The molecule has 0 spiro atoms. The van der Waals surface area contributed by atoms with E-state index in [-0.39, 0.29) is 12.2 Å². The molecular weight excluding hydrogens is 270 g/mol. The third-order valence-electron chi connectivity index (χ3n) is 3.76. The van der Waals surface area contributed by atoms with E-state index in [2.05, 4.69) is 10.6 Å². The van der Waals surface area contributed by atoms with Crippen LogP contribution in [0, 0.1) is 0 Å². The van der Waals surface area contributed by atoms with E-state index in [4.69, 9.17) is 9.47 Å². The molecular formula is C15H29N3O3. The maximum Gasteiger partial charge on any atom is 0.410 e. The Morgan fingerprint density at radius 1 is 1.29 bits per heavy atom. The van der Waals surface area contributed by atoms with Crippen LogP contribution in [-0.4, -0.2) is 68.1 Å². The van der Waals surface area contributed by atoms with Gasteiger partial charge in [0.1, 0.15) is 5.60 Å². The van der Waals surface area contributed by atoms with E-state index < -0.39 is 5.60 Å². The van der Waals surface area contributed by atoms with Gasteiger partial charge in [0.05, 0.1) is 12.7 Å². The fourth-order valence-electron chi connectivity index (χ4n) is 2.45. The van der Waals surface area contributed by atoms with Gasteiger partial charge in [-0.1, -0.05) is 0 Å². The van der Waals surface area contributed by atoms with Crippen LogP contribution in [0.3, 0.4) is 0 Å². The van der Waals surface area contributed by atoms with Crippen LogP contribution in [0.25, 0.3) is 0 Å². The number of ether oxygens (including phenoxy) is 2. The van der Waals surface area contributed by atoms with Crippen LogP contribution in [0.15, 0.2) is 0 Å². The summed E-state index contributed by atoms with van der Waals surface area (Å²) in [5.74, 6) is 0. The predicted octanol–water partition coefficient (Wildman–Crippen LogP) is 0.964. The molecule has 2 N–H and O–H groups in total. The molecule has 2 rings (SSSR count). The van der Waals surface area contributed by atoms with Crippen molar-refractivity contribution in [2.24, 2.45) is 0 Å². The lowest BCUT2D eigenvalue weighted by molar-refractivity contribution is -0.0109. The van der Waals surface area contributed by atoms with Gasteiger partial charge in [0.25, 0.3) is 0 Å². The number of piperidine rings is 1. The van der Waals surface area contributed by atoms with Gasteiger partial charge < -0.3 is 25.0 Å². The molecule has 0 atom stereocenters. The maximum absolute atomic E-state index is 11.9. The third-order valence-corrected chi connectivity index (χ3v) is 3.76. The highest BCUT2D eigenvalue weighted by molar-refractivity contribution is 5.68. The van der Waals surface area contributed by atoms with Crippen molar-refractivity contribution in [3.8, 4) is 0 Å². The average molecular weight is 299 g/mol. The quantitative estimate of drug-likeness (QED) is 0.741. The third kappa shape index (κ3) is 5.80. The summed E-state index contributed by atoms with van der Waals surface area (Å²) in [6.45, 7) is 10.9. The highest BCUT2D eigenvalue weighted by Crippen LogP contribution is 2.17. The van der Waals surface area contributed by atoms with E-state index in [1.807, 2.05) is 20.8 Å². The first-order valence-corrected chi connectivity index (χ1v) is 7.98. The summed E-state index contributed by atoms with van der Waals surface area (Å²) in [4.78, 5) is 13.7. The molecule has 2 aliphatic heterocycles. The van der Waals surface area contributed by atoms with Crippen LogP contribution in [0.4, 0.5) is 4.79 Å². The normalized spacial score (nSPS) is 21.2. The van der Waals surface area contributed by atoms with Crippen molar-refractivity contribution in [1.82, 2.24) is 15.5 Å². The summed E-state index contributed by atoms with van der Waals surface area (Å²) >= 11 is 0. The summed E-state index contributed by atoms with van der Waals surface area (Å²) < 4.78 is 11.3. The number of likely N-dealkylation sites (tertiary alicyclic amines) is 1. The molecule has 2 saturated heterocycles. The van der Waals surface area contributed by atoms with E-state index in [0.717, 1.165) is 52.2 Å². The highest BCUT2D eigenvalue weighted by atomic mass is 16.6. The minimum Gasteiger partial charge on any atom is -0.444 e. The second-order valence-corrected chi connectivity index (χ2v) is 6.85. The first-order chi connectivity index (χ1) is 9.94. The van der Waals surface area contributed by atoms with Gasteiger partial charge in [-0.2, -0.15) is 0 Å². The molecule has 122 valence electrons. The summed E-state index contributed by atoms with van der Waals surface area (Å²) in [5, 5.41) is 6.67. The van der Waals surface area contributed by atoms with Gasteiger partial charge in [-0.15, -0.1) is 0 Å². The van der Waals surface area contributed by atoms with Crippen molar-refractivity contribution in [2.75, 3.05) is 39.3 Å². The lowest BCUT2D eigenvalue weighted by Gasteiger charge is -2.33. The Kier molecular flexibility index (Phi) is 5.84. The Balaban J connectivity index is 1.56. The van der Waals surface area contributed by atoms with Crippen LogP contribution in [0.2, 0.25) is 0 Å². The van der Waals surface area contributed by atoms with Crippen molar-refractivity contribution in [2.45, 2.75) is 51.4 Å². The van der Waals surface area contributed by atoms with Crippen LogP contribution in [0.5, 0.6) is 0 Å². The number of amides is 1. The summed E-state index contributed by atoms with van der Waals surface area (Å²) in [6.07, 6.45) is 1.85. The molecule has 6 nitrogen and oxygen atoms in total. The highest BCUT2D eigenvalue weighted by Gasteiger charge is 2.27. The van der Waals surface area contributed by atoms with E-state index in [9.17, 15) is 4.79 Å². The average Bonchev–Trinajstić information content (AvgIpc) is 2.35. The van der Waals surface area contributed by atoms with Gasteiger partial charge in [-0.3, -0.25) is 0 Å². The summed E-state index contributed by atoms with van der Waals surface area (Å²) in [6, 6.07) is 0.614. The molecule has 2 fully saturated rings. The zero-order valence-electron chi connectivity index (χ0n) is 13.5. The number of hydrogen-bond acceptors (Lipinski definition) is 5. The molecule has 0 aliphatic carbocycles. The zero-order valence-corrected chi connectivity index (χ0v) is 13.5. The molecule has 0 saturated carbocycles. The van der Waals surface area contributed by atoms with Crippen molar-refractivity contribution in [3.05, 3.63) is 0 Å². The second kappa shape index (κ2) is 7.42. The van der Waals surface area contributed by atoms with Crippen LogP contribution in [-0.2, 0) is 9.47 Å². The number of rotatable bonds is 5. The molecule has 1 amide bonds. The Morgan fingerprint density at radius 3 is 2.48 bits per heavy atom. The molecule has 0 unspecified atom stereocenters. The lowest BCUT2D eigenvalue weighted by Crippen LogP contribution is -2.56. The molecule has 6 heteroatoms. The molecule has 2 aliphatic rings. The number of nitrogens with one attached hydrogen (secondary N) is 2. The summed E-state index contributed by atoms with van der Waals surface area (Å²) in [7, 11) is 0. The number of carbonyl (C=O) groups excluding carboxylic acids is 1. The van der Waals surface area contributed by atoms with Crippen molar-refractivity contribution >= 4 is 6.09 Å². The van der Waals surface area contributed by atoms with Gasteiger partial charge in [0.2, 0.25) is 0 Å². The van der Waals surface area contributed by atoms with Crippen molar-refractivity contribution in [3.63, 3.8) is 0 Å². The Bertz CT molecular complexity index is 332. The molecule has 0 aromatic carbocycles. The number of hydrogen-bond donors (Lipinski definition) is 2. The predicted molar refractivity (Wildman–Crippen MR) is 81.4 cm³/mol. The van der Waals surface area contributed by atoms with Gasteiger partial charge in [0, 0.05) is 38.8 Å². The lowest BCUT2D eigenvalue weighted by atomic mass is 10.1. The second-order valence-electron chi connectivity index (χ2n) is 6.85. The van der Waals surface area contributed by atoms with Gasteiger partial charge >= 0.3 is 6.09 Å². The smallest absolute Gasteiger partial charge is 0.410 e. The maximum atomic E-state index is 11.9. The van der Waals surface area contributed by atoms with Gasteiger partial charge in [-0.05, 0) is 33.6 Å². The topological polar surface area (TPSA) is 62.8 Å². The largest absolute Gasteiger partial charge is 0.444 e. The zero-order chi connectivity index (χ0) is 15.3. The molecule has 0 aromatic heterocycles.